The number of morpholine rings is 1. The summed E-state index contributed by atoms with van der Waals surface area (Å²) in [5.41, 5.74) is 0.900. The molecule has 9 nitrogen and oxygen atoms in total. The molecule has 2 aliphatic heterocycles. The van der Waals surface area contributed by atoms with Crippen LogP contribution < -0.4 is 5.32 Å². The highest BCUT2D eigenvalue weighted by Crippen LogP contribution is 2.32. The number of rotatable bonds is 8. The van der Waals surface area contributed by atoms with Crippen molar-refractivity contribution >= 4 is 50.1 Å². The van der Waals surface area contributed by atoms with E-state index >= 15 is 0 Å². The van der Waals surface area contributed by atoms with Crippen LogP contribution in [-0.2, 0) is 24.3 Å². The number of ether oxygens (including phenoxy) is 1. The van der Waals surface area contributed by atoms with Crippen molar-refractivity contribution in [3.8, 4) is 0 Å². The Morgan fingerprint density at radius 1 is 1.17 bits per heavy atom. The summed E-state index contributed by atoms with van der Waals surface area (Å²) < 4.78 is 45.3. The van der Waals surface area contributed by atoms with Crippen LogP contribution in [0.3, 0.4) is 0 Å². The number of benzene rings is 2. The SMILES string of the molecule is C=CCN1C(=O)[C@@H](CC(=O)Nc2ccc(F)cc2)SC1=Nc1ccc(S(=O)(=O)N2CCOCC2)cc1. The molecule has 0 aliphatic carbocycles. The Kier molecular flexibility index (Phi) is 8.19. The van der Waals surface area contributed by atoms with Gasteiger partial charge in [0.05, 0.1) is 23.8 Å². The number of sulfonamides is 1. The molecule has 0 unspecified atom stereocenters. The standard InChI is InChI=1S/C24H25FN4O5S2/c1-2-11-29-23(31)21(16-22(30)26-18-5-3-17(25)4-6-18)35-24(29)27-19-7-9-20(10-8-19)36(32,33)28-12-14-34-15-13-28/h2-10,21H,1,11-16H2,(H,26,30)/t21-/m1/s1. The number of amides is 2. The van der Waals surface area contributed by atoms with Gasteiger partial charge in [0.1, 0.15) is 11.1 Å². The number of thioether (sulfide) groups is 1. The zero-order valence-corrected chi connectivity index (χ0v) is 20.9. The van der Waals surface area contributed by atoms with E-state index in [0.29, 0.717) is 42.8 Å². The molecule has 36 heavy (non-hydrogen) atoms. The molecule has 4 rings (SSSR count). The molecule has 2 aliphatic rings. The third-order valence-electron chi connectivity index (χ3n) is 5.50. The maximum Gasteiger partial charge on any atom is 0.243 e. The van der Waals surface area contributed by atoms with Crippen molar-refractivity contribution in [2.24, 2.45) is 4.99 Å². The molecule has 1 atom stereocenters. The van der Waals surface area contributed by atoms with Gasteiger partial charge in [-0.2, -0.15) is 4.31 Å². The Morgan fingerprint density at radius 3 is 2.47 bits per heavy atom. The molecule has 2 aromatic carbocycles. The Balaban J connectivity index is 1.47. The predicted octanol–water partition coefficient (Wildman–Crippen LogP) is 2.99. The van der Waals surface area contributed by atoms with Gasteiger partial charge in [0, 0.05) is 31.7 Å². The van der Waals surface area contributed by atoms with Gasteiger partial charge in [-0.1, -0.05) is 17.8 Å². The average Bonchev–Trinajstić information content (AvgIpc) is 3.15. The van der Waals surface area contributed by atoms with Gasteiger partial charge >= 0.3 is 0 Å². The molecule has 2 amide bonds. The van der Waals surface area contributed by atoms with Gasteiger partial charge in [-0.25, -0.2) is 17.8 Å². The van der Waals surface area contributed by atoms with Crippen LogP contribution in [0.4, 0.5) is 15.8 Å². The summed E-state index contributed by atoms with van der Waals surface area (Å²) in [4.78, 5) is 31.5. The highest BCUT2D eigenvalue weighted by atomic mass is 32.2. The number of hydrogen-bond donors (Lipinski definition) is 1. The number of nitrogens with zero attached hydrogens (tertiary/aromatic N) is 3. The molecule has 0 aromatic heterocycles. The first-order valence-electron chi connectivity index (χ1n) is 11.2. The van der Waals surface area contributed by atoms with E-state index in [1.807, 2.05) is 0 Å². The van der Waals surface area contributed by atoms with E-state index < -0.39 is 21.1 Å². The lowest BCUT2D eigenvalue weighted by molar-refractivity contribution is -0.127. The van der Waals surface area contributed by atoms with Crippen LogP contribution in [0.2, 0.25) is 0 Å². The average molecular weight is 533 g/mol. The monoisotopic (exact) mass is 532 g/mol. The lowest BCUT2D eigenvalue weighted by atomic mass is 10.2. The Morgan fingerprint density at radius 2 is 1.83 bits per heavy atom. The summed E-state index contributed by atoms with van der Waals surface area (Å²) in [6.07, 6.45) is 1.47. The van der Waals surface area contributed by atoms with Crippen LogP contribution in [0, 0.1) is 5.82 Å². The predicted molar refractivity (Wildman–Crippen MR) is 136 cm³/mol. The van der Waals surface area contributed by atoms with Crippen molar-refractivity contribution in [1.29, 1.82) is 0 Å². The summed E-state index contributed by atoms with van der Waals surface area (Å²) in [6, 6.07) is 11.5. The summed E-state index contributed by atoms with van der Waals surface area (Å²) in [6.45, 7) is 5.22. The van der Waals surface area contributed by atoms with Crippen molar-refractivity contribution in [2.45, 2.75) is 16.6 Å². The van der Waals surface area contributed by atoms with E-state index in [4.69, 9.17) is 4.74 Å². The van der Waals surface area contributed by atoms with E-state index in [-0.39, 0.29) is 29.7 Å². The second-order valence-corrected chi connectivity index (χ2v) is 11.1. The van der Waals surface area contributed by atoms with Crippen LogP contribution in [0.1, 0.15) is 6.42 Å². The highest BCUT2D eigenvalue weighted by molar-refractivity contribution is 8.15. The summed E-state index contributed by atoms with van der Waals surface area (Å²) in [7, 11) is -3.63. The number of halogens is 1. The van der Waals surface area contributed by atoms with Gasteiger partial charge in [-0.15, -0.1) is 6.58 Å². The molecular formula is C24H25FN4O5S2. The summed E-state index contributed by atoms with van der Waals surface area (Å²) in [5, 5.41) is 2.36. The smallest absolute Gasteiger partial charge is 0.243 e. The molecule has 0 radical (unpaired) electrons. The van der Waals surface area contributed by atoms with Crippen molar-refractivity contribution in [3.05, 3.63) is 67.0 Å². The number of carbonyl (C=O) groups excluding carboxylic acids is 2. The van der Waals surface area contributed by atoms with Crippen LogP contribution in [0.5, 0.6) is 0 Å². The van der Waals surface area contributed by atoms with Gasteiger partial charge < -0.3 is 10.1 Å². The minimum atomic E-state index is -3.63. The minimum absolute atomic E-state index is 0.0930. The number of amidine groups is 1. The first kappa shape index (κ1) is 26.0. The second kappa shape index (κ2) is 11.3. The van der Waals surface area contributed by atoms with Gasteiger partial charge in [-0.05, 0) is 48.5 Å². The number of nitrogens with one attached hydrogen (secondary N) is 1. The van der Waals surface area contributed by atoms with E-state index in [1.165, 1.54) is 45.6 Å². The third-order valence-corrected chi connectivity index (χ3v) is 8.59. The molecular weight excluding hydrogens is 507 g/mol. The van der Waals surface area contributed by atoms with E-state index in [9.17, 15) is 22.4 Å². The van der Waals surface area contributed by atoms with Crippen molar-refractivity contribution in [2.75, 3.05) is 38.2 Å². The molecule has 2 fully saturated rings. The van der Waals surface area contributed by atoms with E-state index in [1.54, 1.807) is 18.2 Å². The van der Waals surface area contributed by atoms with Crippen molar-refractivity contribution < 1.29 is 27.1 Å². The van der Waals surface area contributed by atoms with Crippen molar-refractivity contribution in [3.63, 3.8) is 0 Å². The first-order valence-corrected chi connectivity index (χ1v) is 13.5. The molecule has 2 aromatic rings. The molecule has 190 valence electrons. The van der Waals surface area contributed by atoms with Crippen LogP contribution >= 0.6 is 11.8 Å². The fourth-order valence-electron chi connectivity index (χ4n) is 3.67. The summed E-state index contributed by atoms with van der Waals surface area (Å²) >= 11 is 1.15. The van der Waals surface area contributed by atoms with Crippen molar-refractivity contribution in [1.82, 2.24) is 9.21 Å². The summed E-state index contributed by atoms with van der Waals surface area (Å²) in [5.74, 6) is -1.08. The largest absolute Gasteiger partial charge is 0.379 e. The molecule has 12 heteroatoms. The highest BCUT2D eigenvalue weighted by Gasteiger charge is 2.38. The van der Waals surface area contributed by atoms with Crippen LogP contribution in [0.15, 0.2) is 71.1 Å². The van der Waals surface area contributed by atoms with Gasteiger partial charge in [0.15, 0.2) is 5.17 Å². The molecule has 2 heterocycles. The third kappa shape index (κ3) is 6.01. The maximum atomic E-state index is 13.1. The first-order chi connectivity index (χ1) is 17.3. The molecule has 0 bridgehead atoms. The Hall–Kier alpha value is -3.06. The van der Waals surface area contributed by atoms with Crippen LogP contribution in [0.25, 0.3) is 0 Å². The van der Waals surface area contributed by atoms with Gasteiger partial charge in [-0.3, -0.25) is 14.5 Å². The topological polar surface area (TPSA) is 108 Å². The molecule has 1 N–H and O–H groups in total. The number of carbonyl (C=O) groups is 2. The number of hydrogen-bond acceptors (Lipinski definition) is 7. The second-order valence-electron chi connectivity index (χ2n) is 8.01. The Labute approximate surface area is 213 Å². The molecule has 0 saturated carbocycles. The lowest BCUT2D eigenvalue weighted by Gasteiger charge is -2.26. The maximum absolute atomic E-state index is 13.1. The quantitative estimate of drug-likeness (QED) is 0.524. The number of anilines is 1. The van der Waals surface area contributed by atoms with Gasteiger partial charge in [0.2, 0.25) is 21.8 Å². The molecule has 2 saturated heterocycles. The van der Waals surface area contributed by atoms with Gasteiger partial charge in [0.25, 0.3) is 0 Å². The minimum Gasteiger partial charge on any atom is -0.379 e. The fraction of sp³-hybridized carbons (Fsp3) is 0.292. The molecule has 0 spiro atoms. The van der Waals surface area contributed by atoms with E-state index in [0.717, 1.165) is 11.8 Å². The fourth-order valence-corrected chi connectivity index (χ4v) is 6.25. The van der Waals surface area contributed by atoms with E-state index in [2.05, 4.69) is 16.9 Å². The zero-order chi connectivity index (χ0) is 25.7. The Bertz CT molecular complexity index is 1260. The lowest BCUT2D eigenvalue weighted by Crippen LogP contribution is -2.40. The zero-order valence-electron chi connectivity index (χ0n) is 19.3. The number of aliphatic imine (C=N–C) groups is 1. The van der Waals surface area contributed by atoms with Crippen LogP contribution in [-0.4, -0.2) is 72.7 Å². The normalized spacial score (nSPS) is 20.0.